The van der Waals surface area contributed by atoms with Gasteiger partial charge in [-0.1, -0.05) is 12.1 Å². The van der Waals surface area contributed by atoms with Crippen molar-refractivity contribution in [2.75, 3.05) is 10.0 Å². The Hall–Kier alpha value is -3.19. The SMILES string of the molecule is Cc1ccc(NS(=O)(=O)c2ccc(C(=O)Nc3ncccc3C)cc2)cc1C. The number of nitrogens with one attached hydrogen (secondary N) is 2. The van der Waals surface area contributed by atoms with E-state index in [1.165, 1.54) is 24.3 Å². The summed E-state index contributed by atoms with van der Waals surface area (Å²) in [6.45, 7) is 5.73. The van der Waals surface area contributed by atoms with Gasteiger partial charge in [0.15, 0.2) is 0 Å². The van der Waals surface area contributed by atoms with Crippen molar-refractivity contribution in [1.29, 1.82) is 0 Å². The van der Waals surface area contributed by atoms with Crippen LogP contribution in [0.4, 0.5) is 11.5 Å². The third-order valence-corrected chi connectivity index (χ3v) is 5.82. The maximum absolute atomic E-state index is 12.6. The first-order valence-electron chi connectivity index (χ1n) is 8.69. The highest BCUT2D eigenvalue weighted by Gasteiger charge is 2.16. The lowest BCUT2D eigenvalue weighted by molar-refractivity contribution is 0.102. The third kappa shape index (κ3) is 4.37. The fourth-order valence-electron chi connectivity index (χ4n) is 2.60. The minimum atomic E-state index is -3.75. The van der Waals surface area contributed by atoms with Crippen molar-refractivity contribution in [1.82, 2.24) is 4.98 Å². The van der Waals surface area contributed by atoms with E-state index in [1.807, 2.05) is 32.9 Å². The molecule has 1 heterocycles. The Kier molecular flexibility index (Phi) is 5.46. The molecule has 0 radical (unpaired) electrons. The Balaban J connectivity index is 1.76. The highest BCUT2D eigenvalue weighted by Crippen LogP contribution is 2.20. The number of pyridine rings is 1. The van der Waals surface area contributed by atoms with Gasteiger partial charge in [-0.15, -0.1) is 0 Å². The van der Waals surface area contributed by atoms with Gasteiger partial charge >= 0.3 is 0 Å². The van der Waals surface area contributed by atoms with Crippen LogP contribution in [0.3, 0.4) is 0 Å². The number of hydrogen-bond donors (Lipinski definition) is 2. The maximum atomic E-state index is 12.6. The number of hydrogen-bond acceptors (Lipinski definition) is 4. The molecule has 3 aromatic rings. The van der Waals surface area contributed by atoms with Gasteiger partial charge in [-0.3, -0.25) is 9.52 Å². The van der Waals surface area contributed by atoms with Gasteiger partial charge in [0.1, 0.15) is 5.82 Å². The predicted octanol–water partition coefficient (Wildman–Crippen LogP) is 4.06. The second-order valence-corrected chi connectivity index (χ2v) is 8.23. The fourth-order valence-corrected chi connectivity index (χ4v) is 3.65. The molecule has 0 atom stereocenters. The van der Waals surface area contributed by atoms with E-state index in [-0.39, 0.29) is 10.8 Å². The Bertz CT molecular complexity index is 1120. The first kappa shape index (κ1) is 19.6. The van der Waals surface area contributed by atoms with Crippen LogP contribution in [-0.2, 0) is 10.0 Å². The van der Waals surface area contributed by atoms with Gasteiger partial charge in [0.25, 0.3) is 15.9 Å². The second kappa shape index (κ2) is 7.82. The molecule has 2 N–H and O–H groups in total. The Morgan fingerprint density at radius 2 is 1.61 bits per heavy atom. The number of carbonyl (C=O) groups is 1. The van der Waals surface area contributed by atoms with E-state index in [0.717, 1.165) is 16.7 Å². The monoisotopic (exact) mass is 395 g/mol. The summed E-state index contributed by atoms with van der Waals surface area (Å²) in [4.78, 5) is 16.6. The van der Waals surface area contributed by atoms with Gasteiger partial charge < -0.3 is 5.32 Å². The summed E-state index contributed by atoms with van der Waals surface area (Å²) in [7, 11) is -3.75. The van der Waals surface area contributed by atoms with Crippen LogP contribution in [0.1, 0.15) is 27.0 Å². The molecule has 2 aromatic carbocycles. The maximum Gasteiger partial charge on any atom is 0.261 e. The number of rotatable bonds is 5. The zero-order valence-electron chi connectivity index (χ0n) is 15.9. The summed E-state index contributed by atoms with van der Waals surface area (Å²) in [6, 6.07) is 14.8. The van der Waals surface area contributed by atoms with Gasteiger partial charge in [-0.05, 0) is 79.9 Å². The number of carbonyl (C=O) groups excluding carboxylic acids is 1. The van der Waals surface area contributed by atoms with E-state index in [0.29, 0.717) is 17.1 Å². The van der Waals surface area contributed by atoms with Crippen molar-refractivity contribution < 1.29 is 13.2 Å². The number of aromatic nitrogens is 1. The molecule has 144 valence electrons. The minimum absolute atomic E-state index is 0.0799. The zero-order valence-corrected chi connectivity index (χ0v) is 16.7. The van der Waals surface area contributed by atoms with Crippen molar-refractivity contribution >= 4 is 27.4 Å². The molecule has 0 bridgehead atoms. The minimum Gasteiger partial charge on any atom is -0.306 e. The summed E-state index contributed by atoms with van der Waals surface area (Å²) in [5.41, 5.74) is 3.76. The number of anilines is 2. The molecule has 6 nitrogen and oxygen atoms in total. The molecule has 0 aliphatic rings. The van der Waals surface area contributed by atoms with E-state index in [2.05, 4.69) is 15.0 Å². The summed E-state index contributed by atoms with van der Waals surface area (Å²) >= 11 is 0. The number of sulfonamides is 1. The molecule has 0 aliphatic carbocycles. The smallest absolute Gasteiger partial charge is 0.261 e. The number of amides is 1. The second-order valence-electron chi connectivity index (χ2n) is 6.55. The van der Waals surface area contributed by atoms with E-state index in [1.54, 1.807) is 24.4 Å². The lowest BCUT2D eigenvalue weighted by Gasteiger charge is -2.11. The van der Waals surface area contributed by atoms with E-state index >= 15 is 0 Å². The average molecular weight is 395 g/mol. The fraction of sp³-hybridized carbons (Fsp3) is 0.143. The van der Waals surface area contributed by atoms with Crippen LogP contribution >= 0.6 is 0 Å². The van der Waals surface area contributed by atoms with Crippen LogP contribution in [0.5, 0.6) is 0 Å². The first-order valence-corrected chi connectivity index (χ1v) is 10.2. The van der Waals surface area contributed by atoms with E-state index in [4.69, 9.17) is 0 Å². The van der Waals surface area contributed by atoms with Crippen molar-refractivity contribution in [2.45, 2.75) is 25.7 Å². The summed E-state index contributed by atoms with van der Waals surface area (Å²) < 4.78 is 27.7. The molecule has 3 rings (SSSR count). The lowest BCUT2D eigenvalue weighted by Crippen LogP contribution is -2.15. The molecule has 7 heteroatoms. The van der Waals surface area contributed by atoms with Gasteiger partial charge in [0, 0.05) is 17.4 Å². The quantitative estimate of drug-likeness (QED) is 0.682. The zero-order chi connectivity index (χ0) is 20.3. The van der Waals surface area contributed by atoms with Crippen LogP contribution in [-0.4, -0.2) is 19.3 Å². The van der Waals surface area contributed by atoms with Crippen LogP contribution in [0.2, 0.25) is 0 Å². The van der Waals surface area contributed by atoms with Crippen LogP contribution in [0.15, 0.2) is 65.7 Å². The summed E-state index contributed by atoms with van der Waals surface area (Å²) in [6.07, 6.45) is 1.59. The Morgan fingerprint density at radius 1 is 0.893 bits per heavy atom. The number of aryl methyl sites for hydroxylation is 3. The largest absolute Gasteiger partial charge is 0.306 e. The first-order chi connectivity index (χ1) is 13.3. The highest BCUT2D eigenvalue weighted by atomic mass is 32.2. The lowest BCUT2D eigenvalue weighted by atomic mass is 10.1. The van der Waals surface area contributed by atoms with Gasteiger partial charge in [-0.2, -0.15) is 0 Å². The molecule has 0 unspecified atom stereocenters. The Labute approximate surface area is 164 Å². The normalized spacial score (nSPS) is 11.1. The number of nitrogens with zero attached hydrogens (tertiary/aromatic N) is 1. The molecule has 0 spiro atoms. The van der Waals surface area contributed by atoms with Crippen LogP contribution < -0.4 is 10.0 Å². The topological polar surface area (TPSA) is 88.2 Å². The molecular formula is C21H21N3O3S. The Morgan fingerprint density at radius 3 is 2.25 bits per heavy atom. The van der Waals surface area contributed by atoms with Crippen molar-refractivity contribution in [3.05, 3.63) is 83.0 Å². The van der Waals surface area contributed by atoms with E-state index < -0.39 is 10.0 Å². The average Bonchev–Trinajstić information content (AvgIpc) is 2.66. The molecule has 0 aliphatic heterocycles. The molecule has 28 heavy (non-hydrogen) atoms. The van der Waals surface area contributed by atoms with Crippen LogP contribution in [0.25, 0.3) is 0 Å². The molecule has 1 aromatic heterocycles. The molecule has 0 fully saturated rings. The number of benzene rings is 2. The van der Waals surface area contributed by atoms with Crippen molar-refractivity contribution in [3.8, 4) is 0 Å². The predicted molar refractivity (Wildman–Crippen MR) is 110 cm³/mol. The molecular weight excluding hydrogens is 374 g/mol. The van der Waals surface area contributed by atoms with Gasteiger partial charge in [-0.25, -0.2) is 13.4 Å². The van der Waals surface area contributed by atoms with Gasteiger partial charge in [0.2, 0.25) is 0 Å². The van der Waals surface area contributed by atoms with Crippen molar-refractivity contribution in [2.24, 2.45) is 0 Å². The molecule has 1 amide bonds. The van der Waals surface area contributed by atoms with Crippen LogP contribution in [0, 0.1) is 20.8 Å². The molecule has 0 saturated carbocycles. The molecule has 0 saturated heterocycles. The summed E-state index contributed by atoms with van der Waals surface area (Å²) in [5, 5.41) is 2.72. The highest BCUT2D eigenvalue weighted by molar-refractivity contribution is 7.92. The van der Waals surface area contributed by atoms with Gasteiger partial charge in [0.05, 0.1) is 4.90 Å². The van der Waals surface area contributed by atoms with E-state index in [9.17, 15) is 13.2 Å². The van der Waals surface area contributed by atoms with Crippen molar-refractivity contribution in [3.63, 3.8) is 0 Å². The standard InChI is InChI=1S/C21H21N3O3S/c1-14-6-9-18(13-16(14)3)24-28(26,27)19-10-7-17(8-11-19)21(25)23-20-15(2)5-4-12-22-20/h4-13,24H,1-3H3,(H,22,23,25). The third-order valence-electron chi connectivity index (χ3n) is 4.43. The summed E-state index contributed by atoms with van der Waals surface area (Å²) in [5.74, 6) is 0.119.